The number of halogens is 3. The fourth-order valence-electron chi connectivity index (χ4n) is 1.81. The van der Waals surface area contributed by atoms with Gasteiger partial charge in [0.1, 0.15) is 4.99 Å². The molecular weight excluding hydrogens is 285 g/mol. The van der Waals surface area contributed by atoms with Gasteiger partial charge in [-0.25, -0.2) is 0 Å². The van der Waals surface area contributed by atoms with Gasteiger partial charge in [-0.15, -0.1) is 0 Å². The molecule has 0 spiro atoms. The summed E-state index contributed by atoms with van der Waals surface area (Å²) in [6, 6.07) is 3.41. The Labute approximate surface area is 122 Å². The van der Waals surface area contributed by atoms with E-state index in [1.807, 2.05) is 0 Å². The van der Waals surface area contributed by atoms with Gasteiger partial charge >= 0.3 is 6.18 Å². The fraction of sp³-hybridized carbons (Fsp3) is 0.500. The molecule has 0 saturated heterocycles. The van der Waals surface area contributed by atoms with E-state index in [1.165, 1.54) is 6.07 Å². The lowest BCUT2D eigenvalue weighted by atomic mass is 10.1. The van der Waals surface area contributed by atoms with Gasteiger partial charge in [0.15, 0.2) is 0 Å². The first-order valence-electron chi connectivity index (χ1n) is 6.46. The van der Waals surface area contributed by atoms with Crippen LogP contribution in [0.4, 0.5) is 18.9 Å². The molecule has 0 amide bonds. The zero-order chi connectivity index (χ0) is 15.3. The first-order chi connectivity index (χ1) is 9.21. The van der Waals surface area contributed by atoms with Crippen molar-refractivity contribution in [2.24, 2.45) is 11.7 Å². The lowest BCUT2D eigenvalue weighted by Gasteiger charge is -2.14. The summed E-state index contributed by atoms with van der Waals surface area (Å²) < 4.78 is 38.0. The van der Waals surface area contributed by atoms with Crippen molar-refractivity contribution in [2.45, 2.75) is 32.9 Å². The highest BCUT2D eigenvalue weighted by atomic mass is 32.1. The van der Waals surface area contributed by atoms with Gasteiger partial charge in [-0.05, 0) is 37.0 Å². The number of hydrogen-bond donors (Lipinski definition) is 2. The van der Waals surface area contributed by atoms with E-state index < -0.39 is 11.7 Å². The maximum absolute atomic E-state index is 12.7. The minimum absolute atomic E-state index is 0.0394. The number of benzene rings is 1. The fourth-order valence-corrected chi connectivity index (χ4v) is 1.98. The highest BCUT2D eigenvalue weighted by Crippen LogP contribution is 2.31. The van der Waals surface area contributed by atoms with Gasteiger partial charge in [0.25, 0.3) is 0 Å². The number of anilines is 1. The Morgan fingerprint density at radius 1 is 1.35 bits per heavy atom. The van der Waals surface area contributed by atoms with E-state index in [-0.39, 0.29) is 10.6 Å². The van der Waals surface area contributed by atoms with Crippen LogP contribution in [-0.2, 0) is 6.18 Å². The zero-order valence-electron chi connectivity index (χ0n) is 11.6. The molecule has 0 aliphatic heterocycles. The average molecular weight is 304 g/mol. The van der Waals surface area contributed by atoms with E-state index >= 15 is 0 Å². The molecule has 6 heteroatoms. The quantitative estimate of drug-likeness (QED) is 0.611. The molecule has 0 bridgehead atoms. The smallest absolute Gasteiger partial charge is 0.389 e. The Kier molecular flexibility index (Phi) is 5.80. The first-order valence-corrected chi connectivity index (χ1v) is 6.87. The highest BCUT2D eigenvalue weighted by Gasteiger charge is 2.31. The molecule has 0 atom stereocenters. The number of hydrogen-bond acceptors (Lipinski definition) is 2. The van der Waals surface area contributed by atoms with Crippen LogP contribution in [0.3, 0.4) is 0 Å². The molecule has 3 N–H and O–H groups in total. The molecule has 1 aromatic carbocycles. The monoisotopic (exact) mass is 304 g/mol. The van der Waals surface area contributed by atoms with Crippen molar-refractivity contribution in [2.75, 3.05) is 11.9 Å². The van der Waals surface area contributed by atoms with Crippen molar-refractivity contribution in [1.82, 2.24) is 0 Å². The number of nitrogens with two attached hydrogens (primary N) is 1. The highest BCUT2D eigenvalue weighted by molar-refractivity contribution is 7.80. The van der Waals surface area contributed by atoms with Gasteiger partial charge in [-0.2, -0.15) is 13.2 Å². The molecular formula is C14H19F3N2S. The normalized spacial score (nSPS) is 11.7. The predicted molar refractivity (Wildman–Crippen MR) is 79.9 cm³/mol. The van der Waals surface area contributed by atoms with E-state index in [1.54, 1.807) is 0 Å². The summed E-state index contributed by atoms with van der Waals surface area (Å²) in [6.45, 7) is 4.93. The lowest BCUT2D eigenvalue weighted by molar-refractivity contribution is -0.137. The second kappa shape index (κ2) is 6.92. The van der Waals surface area contributed by atoms with Gasteiger partial charge in [0, 0.05) is 17.8 Å². The third kappa shape index (κ3) is 5.00. The van der Waals surface area contributed by atoms with Crippen LogP contribution in [-0.4, -0.2) is 11.5 Å². The molecule has 0 fully saturated rings. The molecule has 0 unspecified atom stereocenters. The molecule has 0 radical (unpaired) electrons. The summed E-state index contributed by atoms with van der Waals surface area (Å²) in [5.74, 6) is 0.597. The standard InChI is InChI=1S/C14H19F3N2S/c1-9(2)4-3-7-19-12-6-5-10(14(15,16)17)8-11(12)13(18)20/h5-6,8-9,19H,3-4,7H2,1-2H3,(H2,18,20). The third-order valence-corrected chi connectivity index (χ3v) is 3.11. The zero-order valence-corrected chi connectivity index (χ0v) is 12.4. The number of alkyl halides is 3. The third-order valence-electron chi connectivity index (χ3n) is 2.89. The summed E-state index contributed by atoms with van der Waals surface area (Å²) in [5.41, 5.74) is 5.55. The summed E-state index contributed by atoms with van der Waals surface area (Å²) in [5, 5.41) is 3.09. The molecule has 1 rings (SSSR count). The van der Waals surface area contributed by atoms with Crippen molar-refractivity contribution in [3.8, 4) is 0 Å². The summed E-state index contributed by atoms with van der Waals surface area (Å²) in [7, 11) is 0. The van der Waals surface area contributed by atoms with Gasteiger partial charge in [0.05, 0.1) is 5.56 Å². The van der Waals surface area contributed by atoms with Crippen LogP contribution in [0.1, 0.15) is 37.8 Å². The van der Waals surface area contributed by atoms with Crippen LogP contribution in [0.5, 0.6) is 0 Å². The van der Waals surface area contributed by atoms with E-state index in [4.69, 9.17) is 18.0 Å². The molecule has 0 saturated carbocycles. The van der Waals surface area contributed by atoms with Crippen molar-refractivity contribution in [3.63, 3.8) is 0 Å². The SMILES string of the molecule is CC(C)CCCNc1ccc(C(F)(F)F)cc1C(N)=S. The van der Waals surface area contributed by atoms with Crippen molar-refractivity contribution in [3.05, 3.63) is 29.3 Å². The summed E-state index contributed by atoms with van der Waals surface area (Å²) in [6.07, 6.45) is -2.40. The van der Waals surface area contributed by atoms with Crippen molar-refractivity contribution < 1.29 is 13.2 Å². The van der Waals surface area contributed by atoms with Crippen LogP contribution in [0.15, 0.2) is 18.2 Å². The van der Waals surface area contributed by atoms with Crippen LogP contribution in [0.25, 0.3) is 0 Å². The van der Waals surface area contributed by atoms with Gasteiger partial charge in [0.2, 0.25) is 0 Å². The number of rotatable bonds is 6. The van der Waals surface area contributed by atoms with Crippen molar-refractivity contribution in [1.29, 1.82) is 0 Å². The van der Waals surface area contributed by atoms with Crippen LogP contribution >= 0.6 is 12.2 Å². The predicted octanol–water partition coefficient (Wildman–Crippen LogP) is 4.19. The molecule has 0 heterocycles. The van der Waals surface area contributed by atoms with Crippen LogP contribution < -0.4 is 11.1 Å². The second-order valence-corrected chi connectivity index (χ2v) is 5.53. The molecule has 0 aliphatic rings. The van der Waals surface area contributed by atoms with Crippen LogP contribution in [0.2, 0.25) is 0 Å². The molecule has 112 valence electrons. The Bertz CT molecular complexity index is 470. The largest absolute Gasteiger partial charge is 0.416 e. The Morgan fingerprint density at radius 3 is 2.50 bits per heavy atom. The molecule has 0 aromatic heterocycles. The van der Waals surface area contributed by atoms with Gasteiger partial charge in [-0.1, -0.05) is 26.1 Å². The van der Waals surface area contributed by atoms with Gasteiger partial charge in [-0.3, -0.25) is 0 Å². The molecule has 1 aromatic rings. The maximum Gasteiger partial charge on any atom is 0.416 e. The minimum Gasteiger partial charge on any atom is -0.389 e. The average Bonchev–Trinajstić information content (AvgIpc) is 2.33. The Morgan fingerprint density at radius 2 is 2.00 bits per heavy atom. The Hall–Kier alpha value is -1.30. The van der Waals surface area contributed by atoms with Gasteiger partial charge < -0.3 is 11.1 Å². The lowest BCUT2D eigenvalue weighted by Crippen LogP contribution is -2.16. The number of thiocarbonyl (C=S) groups is 1. The van der Waals surface area contributed by atoms with E-state index in [0.29, 0.717) is 18.2 Å². The number of nitrogens with one attached hydrogen (secondary N) is 1. The van der Waals surface area contributed by atoms with E-state index in [9.17, 15) is 13.2 Å². The Balaban J connectivity index is 2.83. The second-order valence-electron chi connectivity index (χ2n) is 5.09. The summed E-state index contributed by atoms with van der Waals surface area (Å²) >= 11 is 4.82. The topological polar surface area (TPSA) is 38.0 Å². The molecule has 0 aliphatic carbocycles. The van der Waals surface area contributed by atoms with Crippen molar-refractivity contribution >= 4 is 22.9 Å². The van der Waals surface area contributed by atoms with E-state index in [2.05, 4.69) is 19.2 Å². The van der Waals surface area contributed by atoms with Crippen LogP contribution in [0, 0.1) is 5.92 Å². The van der Waals surface area contributed by atoms with E-state index in [0.717, 1.165) is 25.0 Å². The molecule has 2 nitrogen and oxygen atoms in total. The summed E-state index contributed by atoms with van der Waals surface area (Å²) in [4.78, 5) is -0.0394. The molecule has 20 heavy (non-hydrogen) atoms. The first kappa shape index (κ1) is 16.8. The minimum atomic E-state index is -4.39. The maximum atomic E-state index is 12.7.